The van der Waals surface area contributed by atoms with Gasteiger partial charge in [0.05, 0.1) is 23.9 Å². The summed E-state index contributed by atoms with van der Waals surface area (Å²) < 4.78 is 7.25. The Kier molecular flexibility index (Phi) is 4.29. The van der Waals surface area contributed by atoms with Gasteiger partial charge < -0.3 is 10.5 Å². The Morgan fingerprint density at radius 2 is 2.29 bits per heavy atom. The molecular weight excluding hydrogens is 336 g/mol. The Bertz CT molecular complexity index is 746. The number of nitrogen functional groups attached to an aromatic ring is 1. The summed E-state index contributed by atoms with van der Waals surface area (Å²) >= 11 is 3.40. The van der Waals surface area contributed by atoms with Crippen LogP contribution in [0.1, 0.15) is 28.8 Å². The molecule has 1 aromatic carbocycles. The molecule has 0 aliphatic carbocycles. The highest BCUT2D eigenvalue weighted by Gasteiger charge is 2.21. The fourth-order valence-electron chi connectivity index (χ4n) is 1.96. The van der Waals surface area contributed by atoms with E-state index in [1.807, 2.05) is 0 Å². The Morgan fingerprint density at radius 3 is 2.86 bits per heavy atom. The number of benzene rings is 1. The summed E-state index contributed by atoms with van der Waals surface area (Å²) in [6.07, 6.45) is 0. The van der Waals surface area contributed by atoms with Crippen molar-refractivity contribution in [3.05, 3.63) is 39.8 Å². The molecule has 7 heteroatoms. The molecule has 0 atom stereocenters. The number of carbonyl (C=O) groups is 1. The Morgan fingerprint density at radius 1 is 1.57 bits per heavy atom. The van der Waals surface area contributed by atoms with Gasteiger partial charge in [0.2, 0.25) is 0 Å². The first kappa shape index (κ1) is 15.1. The number of hydrogen-bond donors (Lipinski definition) is 1. The first-order valence-corrected chi connectivity index (χ1v) is 7.00. The number of nitrogens with two attached hydrogens (primary N) is 1. The van der Waals surface area contributed by atoms with Crippen LogP contribution in [-0.4, -0.2) is 22.1 Å². The molecule has 2 aromatic rings. The van der Waals surface area contributed by atoms with Gasteiger partial charge in [-0.25, -0.2) is 9.78 Å². The van der Waals surface area contributed by atoms with Crippen LogP contribution in [-0.2, 0) is 4.74 Å². The standard InChI is InChI=1S/C14H13BrN4O2/c1-3-21-14(20)12-13(17)19(8(2)18-12)11-5-4-9(7-16)6-10(11)15/h4-6H,3,17H2,1-2H3. The lowest BCUT2D eigenvalue weighted by atomic mass is 10.2. The maximum absolute atomic E-state index is 11.8. The third kappa shape index (κ3) is 2.76. The summed E-state index contributed by atoms with van der Waals surface area (Å²) in [6.45, 7) is 3.71. The molecule has 1 aromatic heterocycles. The van der Waals surface area contributed by atoms with Crippen LogP contribution in [0.5, 0.6) is 0 Å². The van der Waals surface area contributed by atoms with Crippen LogP contribution >= 0.6 is 15.9 Å². The number of aromatic nitrogens is 2. The third-order valence-corrected chi connectivity index (χ3v) is 3.50. The highest BCUT2D eigenvalue weighted by Crippen LogP contribution is 2.28. The number of esters is 1. The largest absolute Gasteiger partial charge is 0.461 e. The van der Waals surface area contributed by atoms with E-state index in [9.17, 15) is 4.79 Å². The van der Waals surface area contributed by atoms with E-state index in [4.69, 9.17) is 15.7 Å². The molecule has 21 heavy (non-hydrogen) atoms. The Labute approximate surface area is 130 Å². The van der Waals surface area contributed by atoms with Crippen LogP contribution < -0.4 is 5.73 Å². The number of aryl methyl sites for hydroxylation is 1. The number of nitriles is 1. The van der Waals surface area contributed by atoms with Gasteiger partial charge in [-0.1, -0.05) is 0 Å². The van der Waals surface area contributed by atoms with Crippen molar-refractivity contribution in [3.8, 4) is 11.8 Å². The van der Waals surface area contributed by atoms with Gasteiger partial charge in [0.1, 0.15) is 11.6 Å². The van der Waals surface area contributed by atoms with E-state index >= 15 is 0 Å². The van der Waals surface area contributed by atoms with Crippen LogP contribution in [0.4, 0.5) is 5.82 Å². The lowest BCUT2D eigenvalue weighted by Crippen LogP contribution is -2.09. The number of nitrogens with zero attached hydrogens (tertiary/aromatic N) is 3. The zero-order valence-electron chi connectivity index (χ0n) is 11.6. The van der Waals surface area contributed by atoms with Gasteiger partial charge in [0, 0.05) is 4.47 Å². The quantitative estimate of drug-likeness (QED) is 0.860. The van der Waals surface area contributed by atoms with Gasteiger partial charge in [0.25, 0.3) is 0 Å². The lowest BCUT2D eigenvalue weighted by Gasteiger charge is -2.10. The fourth-order valence-corrected chi connectivity index (χ4v) is 2.52. The average Bonchev–Trinajstić information content (AvgIpc) is 2.75. The maximum Gasteiger partial charge on any atom is 0.360 e. The molecule has 1 heterocycles. The van der Waals surface area contributed by atoms with E-state index in [1.165, 1.54) is 0 Å². The van der Waals surface area contributed by atoms with Crippen LogP contribution in [0.15, 0.2) is 22.7 Å². The van der Waals surface area contributed by atoms with Gasteiger partial charge in [-0.05, 0) is 48.0 Å². The highest BCUT2D eigenvalue weighted by molar-refractivity contribution is 9.10. The van der Waals surface area contributed by atoms with Gasteiger partial charge >= 0.3 is 5.97 Å². The topological polar surface area (TPSA) is 93.9 Å². The molecule has 2 rings (SSSR count). The number of imidazole rings is 1. The van der Waals surface area contributed by atoms with E-state index in [0.29, 0.717) is 21.5 Å². The minimum Gasteiger partial charge on any atom is -0.461 e. The van der Waals surface area contributed by atoms with Crippen molar-refractivity contribution in [1.29, 1.82) is 5.26 Å². The predicted octanol–water partition coefficient (Wildman–Crippen LogP) is 2.57. The van der Waals surface area contributed by atoms with Crippen molar-refractivity contribution >= 4 is 27.7 Å². The van der Waals surface area contributed by atoms with Crippen molar-refractivity contribution in [3.63, 3.8) is 0 Å². The van der Waals surface area contributed by atoms with E-state index in [-0.39, 0.29) is 18.1 Å². The van der Waals surface area contributed by atoms with Gasteiger partial charge in [0.15, 0.2) is 5.69 Å². The predicted molar refractivity (Wildman–Crippen MR) is 81.1 cm³/mol. The van der Waals surface area contributed by atoms with E-state index in [0.717, 1.165) is 0 Å². The first-order chi connectivity index (χ1) is 9.99. The van der Waals surface area contributed by atoms with E-state index < -0.39 is 5.97 Å². The zero-order valence-corrected chi connectivity index (χ0v) is 13.1. The molecule has 108 valence electrons. The van der Waals surface area contributed by atoms with Crippen molar-refractivity contribution in [1.82, 2.24) is 9.55 Å². The number of halogens is 1. The second-order valence-electron chi connectivity index (χ2n) is 4.23. The van der Waals surface area contributed by atoms with Crippen molar-refractivity contribution in [2.24, 2.45) is 0 Å². The number of rotatable bonds is 3. The summed E-state index contributed by atoms with van der Waals surface area (Å²) in [7, 11) is 0. The van der Waals surface area contributed by atoms with Gasteiger partial charge in [-0.3, -0.25) is 4.57 Å². The molecule has 0 bridgehead atoms. The molecule has 0 saturated heterocycles. The zero-order chi connectivity index (χ0) is 15.6. The molecule has 0 fully saturated rings. The maximum atomic E-state index is 11.8. The Balaban J connectivity index is 2.56. The second kappa shape index (κ2) is 5.97. The monoisotopic (exact) mass is 348 g/mol. The highest BCUT2D eigenvalue weighted by atomic mass is 79.9. The van der Waals surface area contributed by atoms with Crippen LogP contribution in [0.3, 0.4) is 0 Å². The summed E-state index contributed by atoms with van der Waals surface area (Å²) in [5.41, 5.74) is 7.33. The molecule has 0 aliphatic rings. The molecule has 0 unspecified atom stereocenters. The number of carbonyl (C=O) groups excluding carboxylic acids is 1. The molecule has 0 spiro atoms. The van der Waals surface area contributed by atoms with Gasteiger partial charge in [-0.15, -0.1) is 0 Å². The van der Waals surface area contributed by atoms with E-state index in [1.54, 1.807) is 36.6 Å². The first-order valence-electron chi connectivity index (χ1n) is 6.21. The van der Waals surface area contributed by atoms with Crippen molar-refractivity contribution in [2.45, 2.75) is 13.8 Å². The summed E-state index contributed by atoms with van der Waals surface area (Å²) in [6, 6.07) is 7.14. The summed E-state index contributed by atoms with van der Waals surface area (Å²) in [4.78, 5) is 16.0. The molecule has 0 saturated carbocycles. The molecule has 0 amide bonds. The number of hydrogen-bond acceptors (Lipinski definition) is 5. The smallest absolute Gasteiger partial charge is 0.360 e. The molecule has 2 N–H and O–H groups in total. The molecule has 0 aliphatic heterocycles. The lowest BCUT2D eigenvalue weighted by molar-refractivity contribution is 0.0521. The Hall–Kier alpha value is -2.33. The summed E-state index contributed by atoms with van der Waals surface area (Å²) in [5, 5.41) is 8.89. The van der Waals surface area contributed by atoms with Crippen molar-refractivity contribution < 1.29 is 9.53 Å². The fraction of sp³-hybridized carbons (Fsp3) is 0.214. The molecule has 6 nitrogen and oxygen atoms in total. The minimum atomic E-state index is -0.554. The third-order valence-electron chi connectivity index (χ3n) is 2.87. The second-order valence-corrected chi connectivity index (χ2v) is 5.08. The van der Waals surface area contributed by atoms with Crippen LogP contribution in [0.2, 0.25) is 0 Å². The number of anilines is 1. The van der Waals surface area contributed by atoms with Crippen LogP contribution in [0.25, 0.3) is 5.69 Å². The molecular formula is C14H13BrN4O2. The van der Waals surface area contributed by atoms with Crippen LogP contribution in [0, 0.1) is 18.3 Å². The van der Waals surface area contributed by atoms with Crippen molar-refractivity contribution in [2.75, 3.05) is 12.3 Å². The van der Waals surface area contributed by atoms with Gasteiger partial charge in [-0.2, -0.15) is 5.26 Å². The SMILES string of the molecule is CCOC(=O)c1nc(C)n(-c2ccc(C#N)cc2Br)c1N. The minimum absolute atomic E-state index is 0.0885. The average molecular weight is 349 g/mol. The van der Waals surface area contributed by atoms with E-state index in [2.05, 4.69) is 27.0 Å². The molecule has 0 radical (unpaired) electrons. The number of ether oxygens (including phenoxy) is 1. The summed E-state index contributed by atoms with van der Waals surface area (Å²) in [5.74, 6) is 0.207. The normalized spacial score (nSPS) is 10.2.